The third-order valence-corrected chi connectivity index (χ3v) is 8.81. The Bertz CT molecular complexity index is 1120. The molecule has 2 N–H and O–H groups in total. The Kier molecular flexibility index (Phi) is 6.57. The van der Waals surface area contributed by atoms with Gasteiger partial charge in [0.15, 0.2) is 0 Å². The molecule has 3 atom stereocenters. The van der Waals surface area contributed by atoms with Crippen molar-refractivity contribution in [1.82, 2.24) is 9.88 Å². The molecule has 5 nitrogen and oxygen atoms in total. The van der Waals surface area contributed by atoms with Gasteiger partial charge in [-0.1, -0.05) is 27.5 Å². The number of nitrogens with two attached hydrogens (primary N) is 1. The number of aryl methyl sites for hydroxylation is 2. The lowest BCUT2D eigenvalue weighted by Gasteiger charge is -2.37. The number of hydrogen-bond acceptors (Lipinski definition) is 3. The van der Waals surface area contributed by atoms with Crippen molar-refractivity contribution in [3.8, 4) is 0 Å². The fourth-order valence-electron chi connectivity index (χ4n) is 5.69. The van der Waals surface area contributed by atoms with Gasteiger partial charge in [0, 0.05) is 51.5 Å². The zero-order chi connectivity index (χ0) is 23.3. The lowest BCUT2D eigenvalue weighted by molar-refractivity contribution is -0.133. The fraction of sp³-hybridized carbons (Fsp3) is 0.480. The molecule has 1 saturated heterocycles. The normalized spacial score (nSPS) is 24.6. The molecule has 8 heteroatoms. The van der Waals surface area contributed by atoms with Crippen LogP contribution in [0.2, 0.25) is 5.02 Å². The van der Waals surface area contributed by atoms with Gasteiger partial charge in [-0.15, -0.1) is 0 Å². The van der Waals surface area contributed by atoms with Crippen molar-refractivity contribution >= 4 is 55.3 Å². The first-order chi connectivity index (χ1) is 15.8. The predicted molar refractivity (Wildman–Crippen MR) is 135 cm³/mol. The number of aromatic nitrogens is 1. The second-order valence-electron chi connectivity index (χ2n) is 9.56. The Morgan fingerprint density at radius 1 is 1.12 bits per heavy atom. The molecule has 2 aromatic rings. The van der Waals surface area contributed by atoms with E-state index in [4.69, 9.17) is 22.3 Å². The molecule has 1 aliphatic heterocycles. The van der Waals surface area contributed by atoms with Crippen LogP contribution >= 0.6 is 43.5 Å². The fourth-order valence-corrected chi connectivity index (χ4v) is 7.19. The summed E-state index contributed by atoms with van der Waals surface area (Å²) >= 11 is 13.8. The number of rotatable bonds is 4. The van der Waals surface area contributed by atoms with Crippen LogP contribution in [-0.2, 0) is 22.4 Å². The number of nitrogens with zero attached hydrogens (tertiary/aromatic N) is 2. The van der Waals surface area contributed by atoms with Crippen LogP contribution in [0.25, 0.3) is 0 Å². The molecule has 0 spiro atoms. The van der Waals surface area contributed by atoms with Crippen LogP contribution in [0.4, 0.5) is 0 Å². The molecule has 33 heavy (non-hydrogen) atoms. The third kappa shape index (κ3) is 4.73. The van der Waals surface area contributed by atoms with E-state index >= 15 is 0 Å². The van der Waals surface area contributed by atoms with Gasteiger partial charge in [0.1, 0.15) is 0 Å². The molecule has 1 aromatic heterocycles. The first-order valence-corrected chi connectivity index (χ1v) is 13.5. The summed E-state index contributed by atoms with van der Waals surface area (Å²) in [5.41, 5.74) is 10.4. The Labute approximate surface area is 215 Å². The van der Waals surface area contributed by atoms with Gasteiger partial charge in [0.25, 0.3) is 0 Å². The summed E-state index contributed by atoms with van der Waals surface area (Å²) in [6, 6.07) is 6.28. The van der Waals surface area contributed by atoms with Crippen molar-refractivity contribution in [3.63, 3.8) is 0 Å². The van der Waals surface area contributed by atoms with E-state index in [1.54, 1.807) is 0 Å². The number of hydrogen-bond donors (Lipinski definition) is 1. The number of piperidine rings is 1. The van der Waals surface area contributed by atoms with E-state index in [0.29, 0.717) is 12.3 Å². The Morgan fingerprint density at radius 3 is 2.55 bits per heavy atom. The number of benzene rings is 1. The van der Waals surface area contributed by atoms with E-state index in [9.17, 15) is 9.59 Å². The Balaban J connectivity index is 1.38. The van der Waals surface area contributed by atoms with Crippen LogP contribution in [0.15, 0.2) is 33.3 Å². The maximum Gasteiger partial charge on any atom is 0.222 e. The van der Waals surface area contributed by atoms with Crippen LogP contribution < -0.4 is 5.73 Å². The quantitative estimate of drug-likeness (QED) is 0.525. The van der Waals surface area contributed by atoms with Crippen LogP contribution in [-0.4, -0.2) is 34.8 Å². The number of fused-ring (bicyclic) bond motifs is 2. The molecule has 3 aliphatic rings. The van der Waals surface area contributed by atoms with Crippen LogP contribution in [0, 0.1) is 17.8 Å². The minimum atomic E-state index is -0.276. The molecule has 2 amide bonds. The van der Waals surface area contributed by atoms with Gasteiger partial charge in [-0.3, -0.25) is 14.6 Å². The lowest BCUT2D eigenvalue weighted by Crippen LogP contribution is -2.40. The van der Waals surface area contributed by atoms with Crippen molar-refractivity contribution in [2.75, 3.05) is 13.1 Å². The van der Waals surface area contributed by atoms with Gasteiger partial charge in [-0.25, -0.2) is 0 Å². The summed E-state index contributed by atoms with van der Waals surface area (Å²) in [4.78, 5) is 31.0. The van der Waals surface area contributed by atoms with Crippen molar-refractivity contribution < 1.29 is 9.59 Å². The number of amides is 2. The maximum atomic E-state index is 12.8. The van der Waals surface area contributed by atoms with Crippen molar-refractivity contribution in [3.05, 3.63) is 60.7 Å². The average Bonchev–Trinajstić information content (AvgIpc) is 3.56. The van der Waals surface area contributed by atoms with Crippen LogP contribution in [0.3, 0.4) is 0 Å². The molecule has 0 radical (unpaired) electrons. The summed E-state index contributed by atoms with van der Waals surface area (Å²) < 4.78 is 2.04. The highest BCUT2D eigenvalue weighted by molar-refractivity contribution is 9.10. The summed E-state index contributed by atoms with van der Waals surface area (Å²) in [5, 5.41) is 0.745. The SMILES string of the molecule is NC(=O)C1CC1CC(=O)N1CCC([C@H]2c3ncc(Br)cc3CCc3cc(Cl)cc(Br)c32)CC1. The van der Waals surface area contributed by atoms with Gasteiger partial charge in [0.2, 0.25) is 11.8 Å². The van der Waals surface area contributed by atoms with Gasteiger partial charge < -0.3 is 10.6 Å². The van der Waals surface area contributed by atoms with E-state index in [2.05, 4.69) is 44.0 Å². The summed E-state index contributed by atoms with van der Waals surface area (Å²) in [6.45, 7) is 1.47. The zero-order valence-electron chi connectivity index (χ0n) is 18.2. The standard InChI is InChI=1S/C25H26Br2ClN3O2/c26-17-7-15-2-1-14-8-18(28)11-20(27)22(14)23(24(15)30-12-17)13-3-5-31(6-4-13)21(32)10-16-9-19(16)25(29)33/h7-8,11-13,16,19,23H,1-6,9-10H2,(H2,29,33)/t16?,19?,23-/m1/s1. The van der Waals surface area contributed by atoms with Gasteiger partial charge in [-0.2, -0.15) is 0 Å². The zero-order valence-corrected chi connectivity index (χ0v) is 22.1. The predicted octanol–water partition coefficient (Wildman–Crippen LogP) is 5.24. The number of likely N-dealkylation sites (tertiary alicyclic amines) is 1. The highest BCUT2D eigenvalue weighted by atomic mass is 79.9. The lowest BCUT2D eigenvalue weighted by atomic mass is 9.76. The highest BCUT2D eigenvalue weighted by Gasteiger charge is 2.44. The molecule has 5 rings (SSSR count). The van der Waals surface area contributed by atoms with E-state index in [1.165, 1.54) is 16.7 Å². The average molecular weight is 596 g/mol. The van der Waals surface area contributed by atoms with E-state index in [0.717, 1.165) is 64.9 Å². The third-order valence-electron chi connectivity index (χ3n) is 7.51. The number of halogens is 3. The molecule has 174 valence electrons. The van der Waals surface area contributed by atoms with Gasteiger partial charge in [-0.05, 0) is 94.8 Å². The molecular formula is C25H26Br2ClN3O2. The number of carbonyl (C=O) groups excluding carboxylic acids is 2. The number of carbonyl (C=O) groups is 2. The topological polar surface area (TPSA) is 76.3 Å². The van der Waals surface area contributed by atoms with Gasteiger partial charge >= 0.3 is 0 Å². The molecule has 1 saturated carbocycles. The minimum absolute atomic E-state index is 0.111. The Hall–Kier alpha value is -1.44. The number of pyridine rings is 1. The van der Waals surface area contributed by atoms with Crippen molar-refractivity contribution in [2.45, 2.75) is 44.4 Å². The molecular weight excluding hydrogens is 570 g/mol. The van der Waals surface area contributed by atoms with E-state index in [1.807, 2.05) is 17.2 Å². The van der Waals surface area contributed by atoms with Crippen LogP contribution in [0.1, 0.15) is 54.0 Å². The minimum Gasteiger partial charge on any atom is -0.369 e. The maximum absolute atomic E-state index is 12.8. The molecule has 0 bridgehead atoms. The first kappa shape index (κ1) is 23.3. The highest BCUT2D eigenvalue weighted by Crippen LogP contribution is 2.46. The summed E-state index contributed by atoms with van der Waals surface area (Å²) in [6.07, 6.45) is 6.79. The molecule has 2 unspecified atom stereocenters. The van der Waals surface area contributed by atoms with E-state index in [-0.39, 0.29) is 29.6 Å². The molecule has 1 aromatic carbocycles. The smallest absolute Gasteiger partial charge is 0.222 e. The summed E-state index contributed by atoms with van der Waals surface area (Å²) in [5.74, 6) is 0.449. The first-order valence-electron chi connectivity index (χ1n) is 11.5. The largest absolute Gasteiger partial charge is 0.369 e. The molecule has 2 aliphatic carbocycles. The van der Waals surface area contributed by atoms with Crippen molar-refractivity contribution in [1.29, 1.82) is 0 Å². The second kappa shape index (κ2) is 9.31. The number of primary amides is 1. The second-order valence-corrected chi connectivity index (χ2v) is 11.8. The van der Waals surface area contributed by atoms with E-state index < -0.39 is 0 Å². The molecule has 2 heterocycles. The Morgan fingerprint density at radius 2 is 1.85 bits per heavy atom. The molecule has 2 fully saturated rings. The van der Waals surface area contributed by atoms with Crippen LogP contribution in [0.5, 0.6) is 0 Å². The van der Waals surface area contributed by atoms with Crippen molar-refractivity contribution in [2.24, 2.45) is 23.5 Å². The monoisotopic (exact) mass is 593 g/mol. The van der Waals surface area contributed by atoms with Gasteiger partial charge in [0.05, 0.1) is 5.69 Å². The summed E-state index contributed by atoms with van der Waals surface area (Å²) in [7, 11) is 0.